The lowest BCUT2D eigenvalue weighted by Crippen LogP contribution is -2.47. The summed E-state index contributed by atoms with van der Waals surface area (Å²) in [7, 11) is 1.38. The Morgan fingerprint density at radius 3 is 2.96 bits per heavy atom. The third-order valence-corrected chi connectivity index (χ3v) is 6.17. The first-order valence-corrected chi connectivity index (χ1v) is 9.43. The fourth-order valence-corrected chi connectivity index (χ4v) is 5.06. The van der Waals surface area contributed by atoms with Crippen LogP contribution in [0.4, 0.5) is 0 Å². The fourth-order valence-electron chi connectivity index (χ4n) is 4.51. The van der Waals surface area contributed by atoms with E-state index in [-0.39, 0.29) is 35.4 Å². The summed E-state index contributed by atoms with van der Waals surface area (Å²) in [5.41, 5.74) is 1.80. The highest BCUT2D eigenvalue weighted by Crippen LogP contribution is 2.52. The summed E-state index contributed by atoms with van der Waals surface area (Å²) in [6, 6.07) is 2.68. The number of thiazole rings is 1. The van der Waals surface area contributed by atoms with Crippen molar-refractivity contribution in [3.63, 3.8) is 0 Å². The number of methoxy groups -OCH3 is 1. The van der Waals surface area contributed by atoms with Gasteiger partial charge in [-0.2, -0.15) is 0 Å². The molecule has 2 bridgehead atoms. The zero-order valence-corrected chi connectivity index (χ0v) is 15.1. The molecule has 1 N–H and O–H groups in total. The van der Waals surface area contributed by atoms with Crippen LogP contribution >= 0.6 is 11.3 Å². The smallest absolute Gasteiger partial charge is 0.314 e. The number of ether oxygens (including phenoxy) is 1. The van der Waals surface area contributed by atoms with E-state index >= 15 is 0 Å². The van der Waals surface area contributed by atoms with Crippen LogP contribution in [0.25, 0.3) is 0 Å². The Morgan fingerprint density at radius 2 is 2.27 bits per heavy atom. The van der Waals surface area contributed by atoms with Crippen molar-refractivity contribution in [2.24, 2.45) is 5.41 Å². The molecule has 4 rings (SSSR count). The predicted molar refractivity (Wildman–Crippen MR) is 93.8 cm³/mol. The number of aromatic hydroxyl groups is 1. The summed E-state index contributed by atoms with van der Waals surface area (Å²) >= 11 is 1.48. The maximum Gasteiger partial charge on any atom is 0.314 e. The van der Waals surface area contributed by atoms with Gasteiger partial charge in [0.15, 0.2) is 5.69 Å². The monoisotopic (exact) mass is 373 g/mol. The predicted octanol–water partition coefficient (Wildman–Crippen LogP) is 2.02. The van der Waals surface area contributed by atoms with E-state index in [1.54, 1.807) is 16.5 Å². The van der Waals surface area contributed by atoms with Crippen LogP contribution in [0.15, 0.2) is 29.2 Å². The van der Waals surface area contributed by atoms with Gasteiger partial charge in [-0.15, -0.1) is 11.3 Å². The number of amides is 1. The van der Waals surface area contributed by atoms with Gasteiger partial charge in [-0.05, 0) is 31.4 Å². The average Bonchev–Trinajstić information content (AvgIpc) is 3.36. The molecule has 3 atom stereocenters. The lowest BCUT2D eigenvalue weighted by molar-refractivity contribution is -0.154. The standard InChI is InChI=1S/C18H19N3O4S/c1-25-17(24)18(7-11-9-26-10-20-11)8-12-4-5-14(18)21(12)16(23)15-13(22)3-2-6-19-15/h2-3,6,9-10,12,14,22H,4-5,7-8H2,1H3/t12-,14+,18+/m1/s1. The third kappa shape index (κ3) is 2.47. The van der Waals surface area contributed by atoms with Crippen LogP contribution in [-0.4, -0.2) is 51.0 Å². The summed E-state index contributed by atoms with van der Waals surface area (Å²) < 4.78 is 5.13. The molecule has 0 aliphatic carbocycles. The molecular formula is C18H19N3O4S. The highest BCUT2D eigenvalue weighted by molar-refractivity contribution is 7.07. The lowest BCUT2D eigenvalue weighted by atomic mass is 9.71. The first-order valence-electron chi connectivity index (χ1n) is 8.49. The molecule has 2 aromatic heterocycles. The van der Waals surface area contributed by atoms with E-state index < -0.39 is 5.41 Å². The molecule has 2 aliphatic rings. The van der Waals surface area contributed by atoms with Crippen molar-refractivity contribution in [1.29, 1.82) is 0 Å². The topological polar surface area (TPSA) is 92.6 Å². The Kier molecular flexibility index (Phi) is 4.14. The number of carbonyl (C=O) groups is 2. The Hall–Kier alpha value is -2.48. The van der Waals surface area contributed by atoms with Crippen molar-refractivity contribution < 1.29 is 19.4 Å². The van der Waals surface area contributed by atoms with Crippen LogP contribution in [0.1, 0.15) is 35.4 Å². The van der Waals surface area contributed by atoms with Crippen LogP contribution in [0.5, 0.6) is 5.75 Å². The minimum atomic E-state index is -0.800. The number of carbonyl (C=O) groups excluding carboxylic acids is 2. The highest BCUT2D eigenvalue weighted by atomic mass is 32.1. The van der Waals surface area contributed by atoms with E-state index in [1.807, 2.05) is 5.38 Å². The van der Waals surface area contributed by atoms with Crippen molar-refractivity contribution in [2.75, 3.05) is 7.11 Å². The quantitative estimate of drug-likeness (QED) is 0.825. The molecule has 0 aromatic carbocycles. The van der Waals surface area contributed by atoms with E-state index in [1.165, 1.54) is 30.7 Å². The van der Waals surface area contributed by atoms with Gasteiger partial charge in [0.05, 0.1) is 23.7 Å². The number of nitrogens with zero attached hydrogens (tertiary/aromatic N) is 3. The van der Waals surface area contributed by atoms with Crippen molar-refractivity contribution >= 4 is 23.2 Å². The van der Waals surface area contributed by atoms with E-state index in [0.29, 0.717) is 12.8 Å². The molecule has 2 saturated heterocycles. The molecule has 0 unspecified atom stereocenters. The van der Waals surface area contributed by atoms with Crippen molar-refractivity contribution in [2.45, 2.75) is 37.8 Å². The number of aromatic nitrogens is 2. The average molecular weight is 373 g/mol. The minimum absolute atomic E-state index is 0.0266. The fraction of sp³-hybridized carbons (Fsp3) is 0.444. The molecule has 2 aliphatic heterocycles. The number of esters is 1. The van der Waals surface area contributed by atoms with E-state index in [0.717, 1.165) is 18.5 Å². The van der Waals surface area contributed by atoms with Gasteiger partial charge in [0.2, 0.25) is 0 Å². The maximum atomic E-state index is 13.1. The van der Waals surface area contributed by atoms with Crippen LogP contribution in [0.3, 0.4) is 0 Å². The van der Waals surface area contributed by atoms with Crippen molar-refractivity contribution in [3.8, 4) is 5.75 Å². The van der Waals surface area contributed by atoms with E-state index in [9.17, 15) is 14.7 Å². The van der Waals surface area contributed by atoms with Crippen molar-refractivity contribution in [1.82, 2.24) is 14.9 Å². The highest BCUT2D eigenvalue weighted by Gasteiger charge is 2.62. The van der Waals surface area contributed by atoms with Gasteiger partial charge in [0, 0.05) is 30.1 Å². The molecule has 7 nitrogen and oxygen atoms in total. The van der Waals surface area contributed by atoms with Gasteiger partial charge in [-0.1, -0.05) is 0 Å². The number of pyridine rings is 1. The molecule has 4 heterocycles. The largest absolute Gasteiger partial charge is 0.505 e. The van der Waals surface area contributed by atoms with Crippen LogP contribution in [-0.2, 0) is 16.0 Å². The molecule has 26 heavy (non-hydrogen) atoms. The second-order valence-electron chi connectivity index (χ2n) is 6.84. The van der Waals surface area contributed by atoms with Gasteiger partial charge < -0.3 is 14.7 Å². The second kappa shape index (κ2) is 6.35. The Bertz CT molecular complexity index is 841. The lowest BCUT2D eigenvalue weighted by Gasteiger charge is -2.34. The zero-order chi connectivity index (χ0) is 18.3. The molecule has 1 amide bonds. The van der Waals surface area contributed by atoms with Crippen LogP contribution in [0.2, 0.25) is 0 Å². The summed E-state index contributed by atoms with van der Waals surface area (Å²) in [5.74, 6) is -0.785. The molecule has 8 heteroatoms. The Morgan fingerprint density at radius 1 is 1.42 bits per heavy atom. The van der Waals surface area contributed by atoms with Crippen LogP contribution in [0, 0.1) is 5.41 Å². The van der Waals surface area contributed by atoms with Gasteiger partial charge in [-0.25, -0.2) is 9.97 Å². The maximum absolute atomic E-state index is 13.1. The minimum Gasteiger partial charge on any atom is -0.505 e. The summed E-state index contributed by atoms with van der Waals surface area (Å²) in [4.78, 5) is 35.9. The molecule has 2 fully saturated rings. The van der Waals surface area contributed by atoms with E-state index in [2.05, 4.69) is 9.97 Å². The summed E-state index contributed by atoms with van der Waals surface area (Å²) in [6.45, 7) is 0. The van der Waals surface area contributed by atoms with Gasteiger partial charge in [0.1, 0.15) is 5.75 Å². The number of fused-ring (bicyclic) bond motifs is 2. The number of rotatable bonds is 4. The van der Waals surface area contributed by atoms with Crippen LogP contribution < -0.4 is 0 Å². The summed E-state index contributed by atoms with van der Waals surface area (Å²) in [5, 5.41) is 11.9. The Labute approximate surface area is 154 Å². The molecule has 2 aromatic rings. The first-order chi connectivity index (χ1) is 12.6. The summed E-state index contributed by atoms with van der Waals surface area (Å²) in [6.07, 6.45) is 4.03. The third-order valence-electron chi connectivity index (χ3n) is 5.54. The van der Waals surface area contributed by atoms with Crippen molar-refractivity contribution in [3.05, 3.63) is 40.6 Å². The normalized spacial score (nSPS) is 26.9. The first kappa shape index (κ1) is 17.0. The van der Waals surface area contributed by atoms with Gasteiger partial charge in [-0.3, -0.25) is 9.59 Å². The van der Waals surface area contributed by atoms with Gasteiger partial charge in [0.25, 0.3) is 5.91 Å². The van der Waals surface area contributed by atoms with Gasteiger partial charge >= 0.3 is 5.97 Å². The Balaban J connectivity index is 1.70. The molecule has 0 saturated carbocycles. The van der Waals surface area contributed by atoms with E-state index in [4.69, 9.17) is 4.74 Å². The molecule has 0 radical (unpaired) electrons. The number of hydrogen-bond acceptors (Lipinski definition) is 7. The zero-order valence-electron chi connectivity index (χ0n) is 14.3. The SMILES string of the molecule is COC(=O)[C@@]1(Cc2cscn2)C[C@H]2CC[C@@H]1N2C(=O)c1ncccc1O. The second-order valence-corrected chi connectivity index (χ2v) is 7.56. The molecular weight excluding hydrogens is 354 g/mol. The molecule has 0 spiro atoms. The molecule has 136 valence electrons. The number of hydrogen-bond donors (Lipinski definition) is 1.